The third-order valence-electron chi connectivity index (χ3n) is 6.10. The van der Waals surface area contributed by atoms with Gasteiger partial charge < -0.3 is 0 Å². The maximum Gasteiger partial charge on any atom is 0.0214 e. The van der Waals surface area contributed by atoms with Crippen molar-refractivity contribution in [3.63, 3.8) is 0 Å². The maximum absolute atomic E-state index is 4.99. The van der Waals surface area contributed by atoms with Gasteiger partial charge in [-0.25, -0.2) is 0 Å². The fraction of sp³-hybridized carbons (Fsp3) is 0.600. The van der Waals surface area contributed by atoms with Gasteiger partial charge in [0.15, 0.2) is 0 Å². The van der Waals surface area contributed by atoms with Crippen LogP contribution in [0.15, 0.2) is 43.8 Å². The monoisotopic (exact) mass is 534 g/mol. The van der Waals surface area contributed by atoms with Gasteiger partial charge in [-0.3, -0.25) is 0 Å². The molecule has 0 atom stereocenters. The molecule has 0 heterocycles. The molecule has 0 saturated heterocycles. The van der Waals surface area contributed by atoms with Crippen molar-refractivity contribution in [3.05, 3.63) is 46.5 Å². The van der Waals surface area contributed by atoms with E-state index < -0.39 is 0 Å². The van der Waals surface area contributed by atoms with Gasteiger partial charge in [0.1, 0.15) is 0 Å². The molecule has 0 fully saturated rings. The Kier molecular flexibility index (Phi) is 9.44. The third kappa shape index (κ3) is 7.67. The van der Waals surface area contributed by atoms with E-state index in [9.17, 15) is 0 Å². The summed E-state index contributed by atoms with van der Waals surface area (Å²) in [6.45, 7) is 27.4. The van der Waals surface area contributed by atoms with Gasteiger partial charge >= 0.3 is 0 Å². The molecule has 0 bridgehead atoms. The summed E-state index contributed by atoms with van der Waals surface area (Å²) in [4.78, 5) is 4.86. The van der Waals surface area contributed by atoms with Crippen LogP contribution in [0.5, 0.6) is 0 Å². The van der Waals surface area contributed by atoms with E-state index in [0.29, 0.717) is 0 Å². The molecule has 0 aromatic heterocycles. The number of hydrogen-bond donors (Lipinski definition) is 2. The van der Waals surface area contributed by atoms with Crippen LogP contribution in [0, 0.1) is 0 Å². The van der Waals surface area contributed by atoms with Crippen LogP contribution in [0.1, 0.15) is 105 Å². The lowest BCUT2D eigenvalue weighted by Gasteiger charge is -2.28. The van der Waals surface area contributed by atoms with Crippen LogP contribution < -0.4 is 0 Å². The molecule has 0 N–H and O–H groups in total. The molecule has 0 amide bonds. The van der Waals surface area contributed by atoms with Gasteiger partial charge in [0, 0.05) is 31.1 Å². The molecular formula is C30H46S4. The lowest BCUT2D eigenvalue weighted by atomic mass is 9.80. The molecule has 190 valence electrons. The van der Waals surface area contributed by atoms with E-state index in [1.807, 2.05) is 23.5 Å². The fourth-order valence-electron chi connectivity index (χ4n) is 3.75. The molecule has 0 saturated carbocycles. The third-order valence-corrected chi connectivity index (χ3v) is 9.70. The van der Waals surface area contributed by atoms with Crippen LogP contribution in [0.2, 0.25) is 0 Å². The summed E-state index contributed by atoms with van der Waals surface area (Å²) < 4.78 is 0. The highest BCUT2D eigenvalue weighted by Crippen LogP contribution is 2.42. The molecule has 2 aromatic rings. The molecule has 0 aliphatic rings. The summed E-state index contributed by atoms with van der Waals surface area (Å²) in [5, 5.41) is 0. The van der Waals surface area contributed by atoms with E-state index in [1.54, 1.807) is 0 Å². The molecule has 34 heavy (non-hydrogen) atoms. The highest BCUT2D eigenvalue weighted by Gasteiger charge is 2.25. The molecule has 2 rings (SSSR count). The van der Waals surface area contributed by atoms with Crippen LogP contribution in [-0.4, -0.2) is 11.5 Å². The first-order valence-electron chi connectivity index (χ1n) is 12.2. The van der Waals surface area contributed by atoms with E-state index in [0.717, 1.165) is 21.3 Å². The number of thioether (sulfide) groups is 2. The Morgan fingerprint density at radius 2 is 0.794 bits per heavy atom. The summed E-state index contributed by atoms with van der Waals surface area (Å²) in [6.07, 6.45) is 0. The minimum Gasteiger partial charge on any atom is -0.142 e. The predicted octanol–water partition coefficient (Wildman–Crippen LogP) is 10.3. The van der Waals surface area contributed by atoms with Gasteiger partial charge in [-0.05, 0) is 56.0 Å². The maximum atomic E-state index is 4.99. The Hall–Kier alpha value is -0.160. The molecule has 0 nitrogen and oxygen atoms in total. The Morgan fingerprint density at radius 1 is 0.500 bits per heavy atom. The van der Waals surface area contributed by atoms with Crippen molar-refractivity contribution in [2.24, 2.45) is 0 Å². The van der Waals surface area contributed by atoms with E-state index in [-0.39, 0.29) is 21.7 Å². The van der Waals surface area contributed by atoms with Crippen molar-refractivity contribution in [2.75, 3.05) is 11.5 Å². The fourth-order valence-corrected chi connectivity index (χ4v) is 7.09. The first-order valence-corrected chi connectivity index (χ1v) is 15.1. The highest BCUT2D eigenvalue weighted by molar-refractivity contribution is 8.03. The molecule has 0 aliphatic heterocycles. The van der Waals surface area contributed by atoms with Gasteiger partial charge in [-0.2, -0.15) is 0 Å². The molecular weight excluding hydrogens is 489 g/mol. The number of hydrogen-bond acceptors (Lipinski definition) is 4. The second-order valence-corrected chi connectivity index (χ2v) is 16.6. The number of rotatable bonds is 5. The van der Waals surface area contributed by atoms with Crippen LogP contribution in [0.25, 0.3) is 0 Å². The van der Waals surface area contributed by atoms with Crippen LogP contribution >= 0.6 is 48.8 Å². The molecule has 0 spiro atoms. The largest absolute Gasteiger partial charge is 0.142 e. The standard InChI is InChI=1S/C30H46S4/c1-27(2,3)19-15-21(29(7,8)9)25(31)23(17-19)33-13-14-34-24-18-20(28(4,5)6)16-22(26(24)32)30(10,11)12/h15-18,31-32H,13-14H2,1-12H3. The van der Waals surface area contributed by atoms with Crippen LogP contribution in [0.3, 0.4) is 0 Å². The SMILES string of the molecule is CC(C)(C)c1cc(SCCSc2cc(C(C)(C)C)cc(C(C)(C)C)c2S)c(S)c(C(C)(C)C)c1. The Morgan fingerprint density at radius 3 is 1.03 bits per heavy atom. The number of thiol groups is 2. The minimum atomic E-state index is 0.0695. The van der Waals surface area contributed by atoms with Gasteiger partial charge in [0.25, 0.3) is 0 Å². The van der Waals surface area contributed by atoms with E-state index >= 15 is 0 Å². The van der Waals surface area contributed by atoms with Gasteiger partial charge in [-0.15, -0.1) is 48.8 Å². The quantitative estimate of drug-likeness (QED) is 0.222. The minimum absolute atomic E-state index is 0.0695. The second-order valence-electron chi connectivity index (χ2n) is 13.4. The van der Waals surface area contributed by atoms with Crippen molar-refractivity contribution in [1.82, 2.24) is 0 Å². The Bertz CT molecular complexity index is 923. The summed E-state index contributed by atoms with van der Waals surface area (Å²) in [7, 11) is 0. The lowest BCUT2D eigenvalue weighted by molar-refractivity contribution is 0.554. The summed E-state index contributed by atoms with van der Waals surface area (Å²) in [6, 6.07) is 9.43. The van der Waals surface area contributed by atoms with Crippen LogP contribution in [-0.2, 0) is 21.7 Å². The average Bonchev–Trinajstić information content (AvgIpc) is 2.63. The highest BCUT2D eigenvalue weighted by atomic mass is 32.2. The zero-order chi connectivity index (χ0) is 26.3. The topological polar surface area (TPSA) is 0 Å². The Labute approximate surface area is 230 Å². The molecule has 0 aliphatic carbocycles. The second kappa shape index (κ2) is 10.7. The Balaban J connectivity index is 2.29. The van der Waals surface area contributed by atoms with Gasteiger partial charge in [-0.1, -0.05) is 95.2 Å². The normalized spacial score (nSPS) is 13.5. The number of benzene rings is 2. The zero-order valence-electron chi connectivity index (χ0n) is 23.4. The van der Waals surface area contributed by atoms with Crippen molar-refractivity contribution in [2.45, 2.75) is 124 Å². The van der Waals surface area contributed by atoms with Crippen molar-refractivity contribution in [3.8, 4) is 0 Å². The van der Waals surface area contributed by atoms with E-state index in [2.05, 4.69) is 107 Å². The lowest BCUT2D eigenvalue weighted by Crippen LogP contribution is -2.17. The molecule has 0 radical (unpaired) electrons. The van der Waals surface area contributed by atoms with E-state index in [4.69, 9.17) is 25.3 Å². The van der Waals surface area contributed by atoms with Crippen molar-refractivity contribution < 1.29 is 0 Å². The average molecular weight is 535 g/mol. The molecule has 4 heteroatoms. The smallest absolute Gasteiger partial charge is 0.0214 e. The molecule has 2 aromatic carbocycles. The van der Waals surface area contributed by atoms with Crippen molar-refractivity contribution >= 4 is 48.8 Å². The zero-order valence-corrected chi connectivity index (χ0v) is 26.9. The van der Waals surface area contributed by atoms with Crippen LogP contribution in [0.4, 0.5) is 0 Å². The van der Waals surface area contributed by atoms with Gasteiger partial charge in [0.05, 0.1) is 0 Å². The summed E-state index contributed by atoms with van der Waals surface area (Å²) >= 11 is 13.8. The van der Waals surface area contributed by atoms with Gasteiger partial charge in [0.2, 0.25) is 0 Å². The van der Waals surface area contributed by atoms with Crippen molar-refractivity contribution in [1.29, 1.82) is 0 Å². The first kappa shape index (κ1) is 30.1. The van der Waals surface area contributed by atoms with E-state index in [1.165, 1.54) is 32.0 Å². The first-order chi connectivity index (χ1) is 15.2. The molecule has 0 unspecified atom stereocenters. The summed E-state index contributed by atoms with van der Waals surface area (Å²) in [5.41, 5.74) is 5.81. The summed E-state index contributed by atoms with van der Waals surface area (Å²) in [5.74, 6) is 2.07. The predicted molar refractivity (Wildman–Crippen MR) is 164 cm³/mol.